The Morgan fingerprint density at radius 2 is 1.62 bits per heavy atom. The van der Waals surface area contributed by atoms with Crippen LogP contribution in [-0.4, -0.2) is 14.4 Å². The fourth-order valence-electron chi connectivity index (χ4n) is 6.07. The van der Waals surface area contributed by atoms with Crippen molar-refractivity contribution in [1.82, 2.24) is 14.4 Å². The summed E-state index contributed by atoms with van der Waals surface area (Å²) in [5.41, 5.74) is 9.47. The van der Waals surface area contributed by atoms with Crippen LogP contribution in [0.5, 0.6) is 0 Å². The minimum atomic E-state index is 0. The first kappa shape index (κ1) is 28.0. The third-order valence-corrected chi connectivity index (χ3v) is 7.62. The Kier molecular flexibility index (Phi) is 7.30. The molecule has 3 nitrogen and oxygen atoms in total. The van der Waals surface area contributed by atoms with Gasteiger partial charge in [-0.1, -0.05) is 62.6 Å². The van der Waals surface area contributed by atoms with Crippen molar-refractivity contribution in [2.45, 2.75) is 34.1 Å². The zero-order chi connectivity index (χ0) is 28.1. The van der Waals surface area contributed by atoms with E-state index in [1.165, 1.54) is 43.7 Å². The molecule has 4 heterocycles. The molecule has 0 unspecified atom stereocenters. The summed E-state index contributed by atoms with van der Waals surface area (Å²) in [5.74, 6) is 0. The fraction of sp³-hybridized carbons (Fsp3) is 0.158. The summed E-state index contributed by atoms with van der Waals surface area (Å²) >= 11 is 0. The van der Waals surface area contributed by atoms with E-state index in [1.807, 2.05) is 61.7 Å². The number of nitrogens with zero attached hydrogens (tertiary/aromatic N) is 3. The maximum Gasteiger partial charge on any atom is 0.0435 e. The minimum absolute atomic E-state index is 0. The SMILES string of the molecule is CC(C)(C)Cc1cc2ccnc3c4[c-]ccc5c6ccccc6n(c(c1)c23)c45.Cc1cccc(-c2[c-]cccc2)n1.[Ir]. The maximum absolute atomic E-state index is 4.79. The summed E-state index contributed by atoms with van der Waals surface area (Å²) < 4.78 is 2.43. The van der Waals surface area contributed by atoms with Crippen LogP contribution in [-0.2, 0) is 26.5 Å². The molecule has 0 aliphatic carbocycles. The Morgan fingerprint density at radius 3 is 2.40 bits per heavy atom. The van der Waals surface area contributed by atoms with Crippen molar-refractivity contribution in [1.29, 1.82) is 0 Å². The van der Waals surface area contributed by atoms with Crippen molar-refractivity contribution in [2.75, 3.05) is 0 Å². The van der Waals surface area contributed by atoms with E-state index in [2.05, 4.69) is 90.8 Å². The summed E-state index contributed by atoms with van der Waals surface area (Å²) in [7, 11) is 0. The van der Waals surface area contributed by atoms with Crippen LogP contribution in [0.4, 0.5) is 0 Å². The van der Waals surface area contributed by atoms with Gasteiger partial charge in [-0.2, -0.15) is 0 Å². The molecule has 0 atom stereocenters. The van der Waals surface area contributed by atoms with E-state index in [0.717, 1.165) is 34.3 Å². The normalized spacial score (nSPS) is 11.7. The molecule has 209 valence electrons. The Balaban J connectivity index is 0.000000191. The van der Waals surface area contributed by atoms with Gasteiger partial charge in [0, 0.05) is 43.0 Å². The minimum Gasteiger partial charge on any atom is -0.351 e. The topological polar surface area (TPSA) is 30.2 Å². The number of aryl methyl sites for hydroxylation is 1. The van der Waals surface area contributed by atoms with Crippen molar-refractivity contribution in [3.8, 4) is 11.3 Å². The average molecular weight is 722 g/mol. The van der Waals surface area contributed by atoms with E-state index in [0.29, 0.717) is 0 Å². The predicted octanol–water partition coefficient (Wildman–Crippen LogP) is 9.63. The Bertz CT molecular complexity index is 2170. The van der Waals surface area contributed by atoms with Gasteiger partial charge >= 0.3 is 0 Å². The molecule has 42 heavy (non-hydrogen) atoms. The van der Waals surface area contributed by atoms with Crippen LogP contribution in [0.25, 0.3) is 60.3 Å². The predicted molar refractivity (Wildman–Crippen MR) is 172 cm³/mol. The molecule has 0 bridgehead atoms. The summed E-state index contributed by atoms with van der Waals surface area (Å²) in [5, 5.41) is 6.16. The largest absolute Gasteiger partial charge is 0.351 e. The molecule has 0 N–H and O–H groups in total. The molecule has 0 amide bonds. The van der Waals surface area contributed by atoms with Crippen molar-refractivity contribution >= 4 is 49.0 Å². The summed E-state index contributed by atoms with van der Waals surface area (Å²) in [6.07, 6.45) is 2.98. The second-order valence-electron chi connectivity index (χ2n) is 12.0. The van der Waals surface area contributed by atoms with Crippen molar-refractivity contribution in [3.63, 3.8) is 0 Å². The first-order valence-electron chi connectivity index (χ1n) is 14.1. The summed E-state index contributed by atoms with van der Waals surface area (Å²) in [4.78, 5) is 9.20. The molecule has 0 saturated heterocycles. The number of rotatable bonds is 2. The molecule has 0 saturated carbocycles. The third-order valence-electron chi connectivity index (χ3n) is 7.62. The van der Waals surface area contributed by atoms with Gasteiger partial charge < -0.3 is 14.4 Å². The molecule has 1 radical (unpaired) electrons. The summed E-state index contributed by atoms with van der Waals surface area (Å²) in [6.45, 7) is 8.89. The molecule has 0 spiro atoms. The first-order valence-corrected chi connectivity index (χ1v) is 14.1. The van der Waals surface area contributed by atoms with E-state index in [4.69, 9.17) is 4.98 Å². The smallest absolute Gasteiger partial charge is 0.0435 e. The molecule has 4 heteroatoms. The maximum atomic E-state index is 4.79. The van der Waals surface area contributed by atoms with Gasteiger partial charge in [0.05, 0.1) is 0 Å². The van der Waals surface area contributed by atoms with E-state index in [1.54, 1.807) is 0 Å². The van der Waals surface area contributed by atoms with Crippen LogP contribution < -0.4 is 0 Å². The number of hydrogen-bond acceptors (Lipinski definition) is 2. The second-order valence-corrected chi connectivity index (χ2v) is 12.0. The first-order chi connectivity index (χ1) is 19.9. The van der Waals surface area contributed by atoms with Gasteiger partial charge in [-0.3, -0.25) is 0 Å². The molecular weight excluding hydrogens is 691 g/mol. The second kappa shape index (κ2) is 10.9. The molecule has 0 fully saturated rings. The molecule has 0 aliphatic heterocycles. The summed E-state index contributed by atoms with van der Waals surface area (Å²) in [6, 6.07) is 40.3. The number of pyridine rings is 3. The zero-order valence-corrected chi connectivity index (χ0v) is 26.6. The van der Waals surface area contributed by atoms with E-state index < -0.39 is 0 Å². The molecule has 4 aromatic carbocycles. The van der Waals surface area contributed by atoms with Crippen LogP contribution in [0.2, 0.25) is 0 Å². The van der Waals surface area contributed by atoms with Crippen LogP contribution in [0.1, 0.15) is 32.0 Å². The van der Waals surface area contributed by atoms with Gasteiger partial charge in [0.1, 0.15) is 0 Å². The quantitative estimate of drug-likeness (QED) is 0.101. The van der Waals surface area contributed by atoms with Crippen LogP contribution in [0, 0.1) is 24.5 Å². The van der Waals surface area contributed by atoms with Gasteiger partial charge in [-0.15, -0.1) is 59.5 Å². The average Bonchev–Trinajstić information content (AvgIpc) is 3.31. The fourth-order valence-corrected chi connectivity index (χ4v) is 6.07. The Labute approximate surface area is 259 Å². The molecule has 4 aromatic heterocycles. The zero-order valence-electron chi connectivity index (χ0n) is 24.2. The van der Waals surface area contributed by atoms with Crippen LogP contribution in [0.15, 0.2) is 103 Å². The standard InChI is InChI=1S/C26H21N2.C12H10N.Ir/c1-26(2,3)15-16-13-17-11-12-27-24-20-9-6-8-19-18-7-4-5-10-21(18)28(25(19)20)22(14-16)23(17)24;1-10-6-5-9-12(13-10)11-7-3-2-4-8-11;/h4-8,10-14H,15H2,1-3H3;2-7,9H,1H3;/q2*-1;. The molecule has 8 aromatic rings. The Hall–Kier alpha value is -4.11. The molecule has 8 rings (SSSR count). The number of para-hydroxylation sites is 1. The number of fused-ring (bicyclic) bond motifs is 5. The van der Waals surface area contributed by atoms with Crippen molar-refractivity contribution < 1.29 is 20.1 Å². The van der Waals surface area contributed by atoms with Crippen LogP contribution in [0.3, 0.4) is 0 Å². The van der Waals surface area contributed by atoms with Crippen molar-refractivity contribution in [3.05, 3.63) is 127 Å². The van der Waals surface area contributed by atoms with E-state index >= 15 is 0 Å². The van der Waals surface area contributed by atoms with Gasteiger partial charge in [0.25, 0.3) is 0 Å². The number of benzene rings is 4. The third kappa shape index (κ3) is 4.96. The Morgan fingerprint density at radius 1 is 0.786 bits per heavy atom. The van der Waals surface area contributed by atoms with Crippen LogP contribution >= 0.6 is 0 Å². The van der Waals surface area contributed by atoms with Gasteiger partial charge in [0.2, 0.25) is 0 Å². The van der Waals surface area contributed by atoms with Gasteiger partial charge in [-0.25, -0.2) is 0 Å². The number of hydrogen-bond donors (Lipinski definition) is 0. The van der Waals surface area contributed by atoms with E-state index in [-0.39, 0.29) is 25.5 Å². The molecular formula is C38H31IrN3-2. The van der Waals surface area contributed by atoms with Crippen molar-refractivity contribution in [2.24, 2.45) is 5.41 Å². The van der Waals surface area contributed by atoms with Gasteiger partial charge in [0.15, 0.2) is 0 Å². The monoisotopic (exact) mass is 722 g/mol. The van der Waals surface area contributed by atoms with E-state index in [9.17, 15) is 0 Å². The molecule has 0 aliphatic rings. The van der Waals surface area contributed by atoms with Gasteiger partial charge in [-0.05, 0) is 81.5 Å². The number of aromatic nitrogens is 3.